The van der Waals surface area contributed by atoms with Gasteiger partial charge < -0.3 is 10.5 Å². The van der Waals surface area contributed by atoms with E-state index in [1.807, 2.05) is 6.92 Å². The Balaban J connectivity index is 2.58. The van der Waals surface area contributed by atoms with Crippen molar-refractivity contribution in [1.29, 1.82) is 0 Å². The van der Waals surface area contributed by atoms with E-state index in [9.17, 15) is 4.39 Å². The van der Waals surface area contributed by atoms with E-state index in [2.05, 4.69) is 13.8 Å². The van der Waals surface area contributed by atoms with Gasteiger partial charge in [0.25, 0.3) is 0 Å². The molecule has 0 amide bonds. The topological polar surface area (TPSA) is 35.2 Å². The summed E-state index contributed by atoms with van der Waals surface area (Å²) in [6.45, 7) is 6.65. The number of ether oxygens (including phenoxy) is 1. The van der Waals surface area contributed by atoms with E-state index in [0.29, 0.717) is 18.2 Å². The van der Waals surface area contributed by atoms with E-state index in [-0.39, 0.29) is 11.9 Å². The molecule has 1 atom stereocenters. The Bertz CT molecular complexity index is 325. The van der Waals surface area contributed by atoms with Crippen molar-refractivity contribution >= 4 is 5.69 Å². The van der Waals surface area contributed by atoms with Gasteiger partial charge in [-0.05, 0) is 25.0 Å². The molecule has 0 aliphatic heterocycles. The maximum Gasteiger partial charge on any atom is 0.125 e. The Morgan fingerprint density at radius 2 is 2.00 bits per heavy atom. The van der Waals surface area contributed by atoms with Crippen molar-refractivity contribution in [3.05, 3.63) is 29.6 Å². The van der Waals surface area contributed by atoms with E-state index in [1.165, 1.54) is 12.1 Å². The average Bonchev–Trinajstić information content (AvgIpc) is 2.15. The molecule has 0 radical (unpaired) electrons. The van der Waals surface area contributed by atoms with Crippen LogP contribution in [0.1, 0.15) is 26.3 Å². The van der Waals surface area contributed by atoms with E-state index in [0.717, 1.165) is 5.56 Å². The molecular weight excluding hydrogens is 193 g/mol. The smallest absolute Gasteiger partial charge is 0.125 e. The number of rotatable bonds is 4. The van der Waals surface area contributed by atoms with Crippen molar-refractivity contribution < 1.29 is 9.13 Å². The standard InChI is InChI=1S/C12H18FNO/c1-8(2)9(3)15-7-10-4-5-11(13)6-12(10)14/h4-6,8-9H,7,14H2,1-3H3. The molecule has 2 nitrogen and oxygen atoms in total. The molecule has 0 spiro atoms. The van der Waals surface area contributed by atoms with E-state index in [1.54, 1.807) is 6.07 Å². The third-order valence-corrected chi connectivity index (χ3v) is 2.55. The molecule has 84 valence electrons. The molecule has 1 unspecified atom stereocenters. The van der Waals surface area contributed by atoms with Crippen molar-refractivity contribution in [2.24, 2.45) is 5.92 Å². The summed E-state index contributed by atoms with van der Waals surface area (Å²) in [5.41, 5.74) is 6.95. The minimum absolute atomic E-state index is 0.175. The third-order valence-electron chi connectivity index (χ3n) is 2.55. The Morgan fingerprint density at radius 3 is 2.53 bits per heavy atom. The molecule has 15 heavy (non-hydrogen) atoms. The molecule has 0 saturated heterocycles. The largest absolute Gasteiger partial charge is 0.398 e. The van der Waals surface area contributed by atoms with E-state index >= 15 is 0 Å². The second kappa shape index (κ2) is 5.12. The summed E-state index contributed by atoms with van der Waals surface area (Å²) in [6.07, 6.45) is 0.175. The van der Waals surface area contributed by atoms with E-state index in [4.69, 9.17) is 10.5 Å². The van der Waals surface area contributed by atoms with Gasteiger partial charge in [0.15, 0.2) is 0 Å². The van der Waals surface area contributed by atoms with Crippen LogP contribution in [0.15, 0.2) is 18.2 Å². The van der Waals surface area contributed by atoms with Crippen LogP contribution >= 0.6 is 0 Å². The lowest BCUT2D eigenvalue weighted by Crippen LogP contribution is -2.15. The maximum atomic E-state index is 12.8. The Hall–Kier alpha value is -1.09. The number of benzene rings is 1. The van der Waals surface area contributed by atoms with Crippen LogP contribution in [0.4, 0.5) is 10.1 Å². The van der Waals surface area contributed by atoms with E-state index < -0.39 is 0 Å². The summed E-state index contributed by atoms with van der Waals surface area (Å²) < 4.78 is 18.4. The minimum atomic E-state index is -0.312. The second-order valence-electron chi connectivity index (χ2n) is 4.10. The molecule has 3 heteroatoms. The van der Waals surface area contributed by atoms with Crippen molar-refractivity contribution in [3.8, 4) is 0 Å². The number of halogens is 1. The highest BCUT2D eigenvalue weighted by Crippen LogP contribution is 2.16. The lowest BCUT2D eigenvalue weighted by atomic mass is 10.1. The minimum Gasteiger partial charge on any atom is -0.398 e. The molecule has 0 saturated carbocycles. The van der Waals surface area contributed by atoms with Gasteiger partial charge >= 0.3 is 0 Å². The monoisotopic (exact) mass is 211 g/mol. The van der Waals surface area contributed by atoms with Crippen molar-refractivity contribution in [3.63, 3.8) is 0 Å². The molecule has 2 N–H and O–H groups in total. The molecule has 1 rings (SSSR count). The van der Waals surface area contributed by atoms with Gasteiger partial charge in [0.1, 0.15) is 5.82 Å². The molecule has 1 aromatic carbocycles. The number of hydrogen-bond acceptors (Lipinski definition) is 2. The Labute approximate surface area is 90.2 Å². The van der Waals surface area contributed by atoms with Gasteiger partial charge in [0, 0.05) is 11.3 Å². The zero-order chi connectivity index (χ0) is 11.4. The van der Waals surface area contributed by atoms with Gasteiger partial charge in [-0.15, -0.1) is 0 Å². The predicted octanol–water partition coefficient (Wildman–Crippen LogP) is 2.97. The van der Waals surface area contributed by atoms with Crippen molar-refractivity contribution in [2.45, 2.75) is 33.5 Å². The summed E-state index contributed by atoms with van der Waals surface area (Å²) in [6, 6.07) is 4.38. The van der Waals surface area contributed by atoms with Crippen LogP contribution in [-0.2, 0) is 11.3 Å². The van der Waals surface area contributed by atoms with Gasteiger partial charge in [0.05, 0.1) is 12.7 Å². The first kappa shape index (κ1) is 12.0. The fraction of sp³-hybridized carbons (Fsp3) is 0.500. The van der Waals surface area contributed by atoms with Crippen molar-refractivity contribution in [1.82, 2.24) is 0 Å². The lowest BCUT2D eigenvalue weighted by molar-refractivity contribution is 0.0238. The first-order valence-corrected chi connectivity index (χ1v) is 5.16. The van der Waals surface area contributed by atoms with Crippen LogP contribution in [0.3, 0.4) is 0 Å². The van der Waals surface area contributed by atoms with Crippen LogP contribution in [-0.4, -0.2) is 6.10 Å². The molecule has 0 bridgehead atoms. The van der Waals surface area contributed by atoms with Gasteiger partial charge in [0.2, 0.25) is 0 Å². The summed E-state index contributed by atoms with van der Waals surface area (Å²) in [4.78, 5) is 0. The van der Waals surface area contributed by atoms with Crippen LogP contribution in [0, 0.1) is 11.7 Å². The van der Waals surface area contributed by atoms with Gasteiger partial charge in [-0.2, -0.15) is 0 Å². The third kappa shape index (κ3) is 3.51. The molecule has 1 aromatic rings. The highest BCUT2D eigenvalue weighted by molar-refractivity contribution is 5.46. The Kier molecular flexibility index (Phi) is 4.09. The van der Waals surface area contributed by atoms with Gasteiger partial charge in [-0.1, -0.05) is 19.9 Å². The SMILES string of the molecule is CC(C)C(C)OCc1ccc(F)cc1N. The van der Waals surface area contributed by atoms with Crippen LogP contribution < -0.4 is 5.73 Å². The lowest BCUT2D eigenvalue weighted by Gasteiger charge is -2.17. The quantitative estimate of drug-likeness (QED) is 0.777. The molecule has 0 fully saturated rings. The average molecular weight is 211 g/mol. The fourth-order valence-corrected chi connectivity index (χ4v) is 1.11. The number of nitrogens with two attached hydrogens (primary N) is 1. The summed E-state index contributed by atoms with van der Waals surface area (Å²) in [5.74, 6) is 0.153. The maximum absolute atomic E-state index is 12.8. The van der Waals surface area contributed by atoms with Gasteiger partial charge in [-0.25, -0.2) is 4.39 Å². The first-order valence-electron chi connectivity index (χ1n) is 5.16. The highest BCUT2D eigenvalue weighted by Gasteiger charge is 2.08. The number of anilines is 1. The summed E-state index contributed by atoms with van der Waals surface area (Å²) >= 11 is 0. The van der Waals surface area contributed by atoms with Crippen LogP contribution in [0.5, 0.6) is 0 Å². The summed E-state index contributed by atoms with van der Waals surface area (Å²) in [7, 11) is 0. The van der Waals surface area contributed by atoms with Crippen LogP contribution in [0.25, 0.3) is 0 Å². The van der Waals surface area contributed by atoms with Crippen molar-refractivity contribution in [2.75, 3.05) is 5.73 Å². The normalized spacial score (nSPS) is 13.1. The summed E-state index contributed by atoms with van der Waals surface area (Å²) in [5, 5.41) is 0. The molecule has 0 heterocycles. The predicted molar refractivity (Wildman–Crippen MR) is 59.9 cm³/mol. The molecule has 0 aromatic heterocycles. The fourth-order valence-electron chi connectivity index (χ4n) is 1.11. The zero-order valence-electron chi connectivity index (χ0n) is 9.46. The second-order valence-corrected chi connectivity index (χ2v) is 4.10. The van der Waals surface area contributed by atoms with Gasteiger partial charge in [-0.3, -0.25) is 0 Å². The zero-order valence-corrected chi connectivity index (χ0v) is 9.46. The molecule has 0 aliphatic rings. The molecule has 0 aliphatic carbocycles. The number of hydrogen-bond donors (Lipinski definition) is 1. The highest BCUT2D eigenvalue weighted by atomic mass is 19.1. The Morgan fingerprint density at radius 1 is 1.33 bits per heavy atom. The first-order chi connectivity index (χ1) is 7.00. The van der Waals surface area contributed by atoms with Crippen LogP contribution in [0.2, 0.25) is 0 Å². The number of nitrogen functional groups attached to an aromatic ring is 1. The molecular formula is C12H18FNO.